The number of nitrogens with zero attached hydrogens (tertiary/aromatic N) is 1. The summed E-state index contributed by atoms with van der Waals surface area (Å²) in [5.74, 6) is 0.369. The van der Waals surface area contributed by atoms with Gasteiger partial charge in [0.1, 0.15) is 5.75 Å². The number of nitrogen functional groups attached to an aromatic ring is 1. The lowest BCUT2D eigenvalue weighted by Gasteiger charge is -2.23. The van der Waals surface area contributed by atoms with Crippen molar-refractivity contribution < 1.29 is 13.2 Å². The molecular formula is C12H20N2O3S. The van der Waals surface area contributed by atoms with E-state index in [2.05, 4.69) is 0 Å². The van der Waals surface area contributed by atoms with Gasteiger partial charge in [-0.2, -0.15) is 4.31 Å². The Kier molecular flexibility index (Phi) is 4.59. The van der Waals surface area contributed by atoms with E-state index in [9.17, 15) is 8.42 Å². The Labute approximate surface area is 109 Å². The molecule has 0 fully saturated rings. The minimum absolute atomic E-state index is 0.0569. The first kappa shape index (κ1) is 14.8. The fraction of sp³-hybridized carbons (Fsp3) is 0.500. The summed E-state index contributed by atoms with van der Waals surface area (Å²) in [5.41, 5.74) is 6.09. The highest BCUT2D eigenvalue weighted by Crippen LogP contribution is 2.27. The van der Waals surface area contributed by atoms with Crippen molar-refractivity contribution in [1.29, 1.82) is 0 Å². The molecule has 18 heavy (non-hydrogen) atoms. The maximum absolute atomic E-state index is 12.3. The van der Waals surface area contributed by atoms with Gasteiger partial charge in [0.05, 0.1) is 17.7 Å². The van der Waals surface area contributed by atoms with Crippen molar-refractivity contribution in [1.82, 2.24) is 4.31 Å². The quantitative estimate of drug-likeness (QED) is 0.828. The highest BCUT2D eigenvalue weighted by atomic mass is 32.2. The van der Waals surface area contributed by atoms with Gasteiger partial charge in [0, 0.05) is 19.2 Å². The van der Waals surface area contributed by atoms with Gasteiger partial charge >= 0.3 is 0 Å². The van der Waals surface area contributed by atoms with Crippen LogP contribution in [0.25, 0.3) is 0 Å². The molecule has 0 aromatic heterocycles. The van der Waals surface area contributed by atoms with Crippen molar-refractivity contribution in [2.75, 3.05) is 19.9 Å². The first-order valence-electron chi connectivity index (χ1n) is 5.76. The molecule has 0 saturated heterocycles. The van der Waals surface area contributed by atoms with E-state index >= 15 is 0 Å². The first-order valence-corrected chi connectivity index (χ1v) is 7.20. The molecule has 5 nitrogen and oxygen atoms in total. The minimum atomic E-state index is -3.50. The summed E-state index contributed by atoms with van der Waals surface area (Å²) in [5, 5.41) is 0. The van der Waals surface area contributed by atoms with E-state index in [0.717, 1.165) is 6.42 Å². The van der Waals surface area contributed by atoms with Gasteiger partial charge < -0.3 is 10.5 Å². The van der Waals surface area contributed by atoms with Crippen molar-refractivity contribution in [3.05, 3.63) is 18.2 Å². The molecule has 1 aromatic rings. The van der Waals surface area contributed by atoms with E-state index in [4.69, 9.17) is 10.5 Å². The van der Waals surface area contributed by atoms with E-state index in [0.29, 0.717) is 11.4 Å². The summed E-state index contributed by atoms with van der Waals surface area (Å²) in [7, 11) is -0.467. The zero-order valence-corrected chi connectivity index (χ0v) is 12.0. The number of anilines is 1. The van der Waals surface area contributed by atoms with E-state index in [1.54, 1.807) is 7.05 Å². The molecule has 6 heteroatoms. The molecule has 0 spiro atoms. The molecule has 0 aliphatic heterocycles. The van der Waals surface area contributed by atoms with Gasteiger partial charge in [-0.15, -0.1) is 0 Å². The van der Waals surface area contributed by atoms with Crippen LogP contribution in [0.5, 0.6) is 5.75 Å². The molecule has 0 amide bonds. The molecule has 1 aromatic carbocycles. The smallest absolute Gasteiger partial charge is 0.243 e. The van der Waals surface area contributed by atoms with Crippen LogP contribution in [0.2, 0.25) is 0 Å². The number of benzene rings is 1. The van der Waals surface area contributed by atoms with E-state index in [1.165, 1.54) is 29.6 Å². The van der Waals surface area contributed by atoms with E-state index < -0.39 is 10.0 Å². The lowest BCUT2D eigenvalue weighted by atomic mass is 10.3. The summed E-state index contributed by atoms with van der Waals surface area (Å²) in [4.78, 5) is 0.191. The van der Waals surface area contributed by atoms with Crippen LogP contribution in [0, 0.1) is 0 Å². The Hall–Kier alpha value is -1.27. The highest BCUT2D eigenvalue weighted by Gasteiger charge is 2.25. The SMILES string of the molecule is CCC(C)N(C)S(=O)(=O)c1ccc(N)c(OC)c1. The molecule has 0 aliphatic carbocycles. The summed E-state index contributed by atoms with van der Waals surface area (Å²) in [6.45, 7) is 3.81. The van der Waals surface area contributed by atoms with E-state index in [-0.39, 0.29) is 10.9 Å². The minimum Gasteiger partial charge on any atom is -0.495 e. The predicted octanol–water partition coefficient (Wildman–Crippen LogP) is 1.70. The van der Waals surface area contributed by atoms with Crippen molar-refractivity contribution in [2.24, 2.45) is 0 Å². The van der Waals surface area contributed by atoms with Crippen LogP contribution >= 0.6 is 0 Å². The zero-order chi connectivity index (χ0) is 13.9. The lowest BCUT2D eigenvalue weighted by molar-refractivity contribution is 0.379. The number of sulfonamides is 1. The topological polar surface area (TPSA) is 72.6 Å². The molecule has 0 heterocycles. The number of hydrogen-bond acceptors (Lipinski definition) is 4. The average Bonchev–Trinajstić information content (AvgIpc) is 2.37. The number of methoxy groups -OCH3 is 1. The second-order valence-electron chi connectivity index (χ2n) is 4.18. The van der Waals surface area contributed by atoms with Crippen molar-refractivity contribution in [3.63, 3.8) is 0 Å². The molecule has 1 unspecified atom stereocenters. The molecule has 1 atom stereocenters. The monoisotopic (exact) mass is 272 g/mol. The third kappa shape index (κ3) is 2.76. The van der Waals surface area contributed by atoms with Gasteiger partial charge in [0.2, 0.25) is 10.0 Å². The van der Waals surface area contributed by atoms with Crippen LogP contribution in [0.1, 0.15) is 20.3 Å². The normalized spacial score (nSPS) is 13.6. The number of ether oxygens (including phenoxy) is 1. The number of hydrogen-bond donors (Lipinski definition) is 1. The van der Waals surface area contributed by atoms with Gasteiger partial charge in [0.25, 0.3) is 0 Å². The summed E-state index contributed by atoms with van der Waals surface area (Å²) in [6, 6.07) is 4.42. The molecule has 1 rings (SSSR count). The van der Waals surface area contributed by atoms with Gasteiger partial charge in [-0.1, -0.05) is 6.92 Å². The Balaban J connectivity index is 3.20. The van der Waals surface area contributed by atoms with Gasteiger partial charge in [-0.05, 0) is 25.5 Å². The van der Waals surface area contributed by atoms with E-state index in [1.807, 2.05) is 13.8 Å². The Morgan fingerprint density at radius 1 is 1.44 bits per heavy atom. The maximum atomic E-state index is 12.3. The summed E-state index contributed by atoms with van der Waals surface area (Å²) in [6.07, 6.45) is 0.752. The van der Waals surface area contributed by atoms with Crippen LogP contribution in [0.15, 0.2) is 23.1 Å². The molecule has 0 aliphatic rings. The Morgan fingerprint density at radius 2 is 2.06 bits per heavy atom. The number of nitrogens with two attached hydrogens (primary N) is 1. The van der Waals surface area contributed by atoms with Gasteiger partial charge in [-0.3, -0.25) is 0 Å². The predicted molar refractivity (Wildman–Crippen MR) is 72.1 cm³/mol. The van der Waals surface area contributed by atoms with Crippen molar-refractivity contribution in [3.8, 4) is 5.75 Å². The van der Waals surface area contributed by atoms with Crippen LogP contribution < -0.4 is 10.5 Å². The van der Waals surface area contributed by atoms with Crippen LogP contribution in [0.3, 0.4) is 0 Å². The molecule has 102 valence electrons. The van der Waals surface area contributed by atoms with Crippen LogP contribution in [-0.4, -0.2) is 32.9 Å². The van der Waals surface area contributed by atoms with Crippen molar-refractivity contribution >= 4 is 15.7 Å². The third-order valence-electron chi connectivity index (χ3n) is 3.09. The highest BCUT2D eigenvalue weighted by molar-refractivity contribution is 7.89. The van der Waals surface area contributed by atoms with Gasteiger partial charge in [0.15, 0.2) is 0 Å². The lowest BCUT2D eigenvalue weighted by Crippen LogP contribution is -2.34. The van der Waals surface area contributed by atoms with Gasteiger partial charge in [-0.25, -0.2) is 8.42 Å². The van der Waals surface area contributed by atoms with Crippen LogP contribution in [0.4, 0.5) is 5.69 Å². The average molecular weight is 272 g/mol. The zero-order valence-electron chi connectivity index (χ0n) is 11.2. The third-order valence-corrected chi connectivity index (χ3v) is 5.06. The molecule has 0 saturated carbocycles. The second kappa shape index (κ2) is 5.58. The maximum Gasteiger partial charge on any atom is 0.243 e. The fourth-order valence-corrected chi connectivity index (χ4v) is 2.96. The second-order valence-corrected chi connectivity index (χ2v) is 6.18. The standard InChI is InChI=1S/C12H20N2O3S/c1-5-9(2)14(3)18(15,16)10-6-7-11(13)12(8-10)17-4/h6-9H,5,13H2,1-4H3. The molecule has 0 radical (unpaired) electrons. The summed E-state index contributed by atoms with van der Waals surface area (Å²) < 4.78 is 31.1. The summed E-state index contributed by atoms with van der Waals surface area (Å²) >= 11 is 0. The number of rotatable bonds is 5. The largest absolute Gasteiger partial charge is 0.495 e. The Bertz CT molecular complexity index is 514. The fourth-order valence-electron chi connectivity index (χ4n) is 1.51. The van der Waals surface area contributed by atoms with Crippen LogP contribution in [-0.2, 0) is 10.0 Å². The Morgan fingerprint density at radius 3 is 2.56 bits per heavy atom. The van der Waals surface area contributed by atoms with Crippen molar-refractivity contribution in [2.45, 2.75) is 31.2 Å². The molecule has 2 N–H and O–H groups in total. The first-order chi connectivity index (χ1) is 8.34. The molecule has 0 bridgehead atoms. The molecular weight excluding hydrogens is 252 g/mol.